The van der Waals surface area contributed by atoms with Crippen LogP contribution in [-0.4, -0.2) is 38.8 Å². The first-order valence-electron chi connectivity index (χ1n) is 6.26. The van der Waals surface area contributed by atoms with Gasteiger partial charge in [0.2, 0.25) is 5.91 Å². The lowest BCUT2D eigenvalue weighted by Gasteiger charge is -2.17. The lowest BCUT2D eigenvalue weighted by atomic mass is 10.0. The zero-order valence-electron chi connectivity index (χ0n) is 10.5. The predicted octanol–water partition coefficient (Wildman–Crippen LogP) is 1.09. The monoisotopic (exact) mass is 262 g/mol. The van der Waals surface area contributed by atoms with Gasteiger partial charge >= 0.3 is 0 Å². The molecule has 0 aromatic rings. The minimum absolute atomic E-state index is 0. The molecule has 2 aliphatic rings. The third-order valence-electron chi connectivity index (χ3n) is 3.81. The Morgan fingerprint density at radius 2 is 2.29 bits per heavy atom. The van der Waals surface area contributed by atoms with E-state index in [1.54, 1.807) is 7.11 Å². The Kier molecular flexibility index (Phi) is 5.70. The molecule has 0 bridgehead atoms. The van der Waals surface area contributed by atoms with Gasteiger partial charge in [-0.05, 0) is 44.1 Å². The third kappa shape index (κ3) is 4.12. The summed E-state index contributed by atoms with van der Waals surface area (Å²) in [4.78, 5) is 11.8. The number of hydrogen-bond donors (Lipinski definition) is 2. The molecule has 2 rings (SSSR count). The molecule has 5 heteroatoms. The smallest absolute Gasteiger partial charge is 0.237 e. The fourth-order valence-electron chi connectivity index (χ4n) is 2.32. The first-order chi connectivity index (χ1) is 7.76. The van der Waals surface area contributed by atoms with E-state index in [0.29, 0.717) is 5.41 Å². The molecule has 2 fully saturated rings. The molecular weight excluding hydrogens is 240 g/mol. The van der Waals surface area contributed by atoms with Crippen molar-refractivity contribution in [2.45, 2.75) is 38.1 Å². The number of halogens is 1. The van der Waals surface area contributed by atoms with Crippen LogP contribution in [0.2, 0.25) is 0 Å². The Labute approximate surface area is 109 Å². The SMILES string of the molecule is COCCC1(CNC(=O)C2CCCN2)CC1.Cl. The maximum Gasteiger partial charge on any atom is 0.237 e. The summed E-state index contributed by atoms with van der Waals surface area (Å²) >= 11 is 0. The van der Waals surface area contributed by atoms with Crippen LogP contribution in [0.4, 0.5) is 0 Å². The number of nitrogens with one attached hydrogen (secondary N) is 2. The van der Waals surface area contributed by atoms with Gasteiger partial charge in [-0.15, -0.1) is 12.4 Å². The number of hydrogen-bond acceptors (Lipinski definition) is 3. The van der Waals surface area contributed by atoms with E-state index in [1.807, 2.05) is 0 Å². The van der Waals surface area contributed by atoms with Gasteiger partial charge in [-0.2, -0.15) is 0 Å². The quantitative estimate of drug-likeness (QED) is 0.754. The molecule has 4 nitrogen and oxygen atoms in total. The van der Waals surface area contributed by atoms with E-state index in [0.717, 1.165) is 39.0 Å². The van der Waals surface area contributed by atoms with Crippen molar-refractivity contribution >= 4 is 18.3 Å². The molecule has 1 amide bonds. The van der Waals surface area contributed by atoms with Crippen LogP contribution in [0.25, 0.3) is 0 Å². The van der Waals surface area contributed by atoms with Gasteiger partial charge in [0.25, 0.3) is 0 Å². The molecule has 1 heterocycles. The molecule has 100 valence electrons. The van der Waals surface area contributed by atoms with Crippen LogP contribution in [0.15, 0.2) is 0 Å². The van der Waals surface area contributed by atoms with Gasteiger partial charge in [-0.1, -0.05) is 0 Å². The molecule has 0 aromatic heterocycles. The fraction of sp³-hybridized carbons (Fsp3) is 0.917. The van der Waals surface area contributed by atoms with Gasteiger partial charge in [0, 0.05) is 20.3 Å². The second-order valence-electron chi connectivity index (χ2n) is 5.11. The topological polar surface area (TPSA) is 50.4 Å². The van der Waals surface area contributed by atoms with Crippen LogP contribution < -0.4 is 10.6 Å². The highest BCUT2D eigenvalue weighted by molar-refractivity contribution is 5.85. The Morgan fingerprint density at radius 3 is 2.82 bits per heavy atom. The average molecular weight is 263 g/mol. The van der Waals surface area contributed by atoms with E-state index in [4.69, 9.17) is 4.74 Å². The molecule has 1 aliphatic carbocycles. The molecule has 1 unspecified atom stereocenters. The molecule has 0 radical (unpaired) electrons. The standard InChI is InChI=1S/C12H22N2O2.ClH/c1-16-8-6-12(4-5-12)9-14-11(15)10-3-2-7-13-10;/h10,13H,2-9H2,1H3,(H,14,15);1H. The molecule has 1 aliphatic heterocycles. The summed E-state index contributed by atoms with van der Waals surface area (Å²) in [7, 11) is 1.73. The summed E-state index contributed by atoms with van der Waals surface area (Å²) in [6.07, 6.45) is 5.63. The van der Waals surface area contributed by atoms with E-state index in [2.05, 4.69) is 10.6 Å². The number of rotatable bonds is 6. The van der Waals surface area contributed by atoms with Crippen molar-refractivity contribution in [2.75, 3.05) is 26.8 Å². The van der Waals surface area contributed by atoms with E-state index in [1.165, 1.54) is 12.8 Å². The molecule has 0 spiro atoms. The normalized spacial score (nSPS) is 25.1. The van der Waals surface area contributed by atoms with Gasteiger partial charge in [-0.25, -0.2) is 0 Å². The first kappa shape index (κ1) is 14.7. The van der Waals surface area contributed by atoms with Gasteiger partial charge in [0.15, 0.2) is 0 Å². The van der Waals surface area contributed by atoms with Crippen LogP contribution in [0.3, 0.4) is 0 Å². The van der Waals surface area contributed by atoms with E-state index in [9.17, 15) is 4.79 Å². The minimum Gasteiger partial charge on any atom is -0.385 e. The van der Waals surface area contributed by atoms with Crippen molar-refractivity contribution in [3.63, 3.8) is 0 Å². The molecule has 17 heavy (non-hydrogen) atoms. The van der Waals surface area contributed by atoms with Crippen molar-refractivity contribution in [1.82, 2.24) is 10.6 Å². The van der Waals surface area contributed by atoms with Crippen molar-refractivity contribution in [2.24, 2.45) is 5.41 Å². The van der Waals surface area contributed by atoms with E-state index < -0.39 is 0 Å². The highest BCUT2D eigenvalue weighted by atomic mass is 35.5. The van der Waals surface area contributed by atoms with Gasteiger partial charge in [0.05, 0.1) is 6.04 Å². The maximum atomic E-state index is 11.8. The van der Waals surface area contributed by atoms with Crippen LogP contribution in [-0.2, 0) is 9.53 Å². The lowest BCUT2D eigenvalue weighted by molar-refractivity contribution is -0.123. The first-order valence-corrected chi connectivity index (χ1v) is 6.26. The summed E-state index contributed by atoms with van der Waals surface area (Å²) in [5.41, 5.74) is 0.351. The summed E-state index contributed by atoms with van der Waals surface area (Å²) in [6, 6.07) is 0.0539. The minimum atomic E-state index is 0. The highest BCUT2D eigenvalue weighted by Crippen LogP contribution is 2.48. The van der Waals surface area contributed by atoms with Crippen LogP contribution in [0.5, 0.6) is 0 Å². The summed E-state index contributed by atoms with van der Waals surface area (Å²) < 4.78 is 5.10. The summed E-state index contributed by atoms with van der Waals surface area (Å²) in [5.74, 6) is 0.182. The highest BCUT2D eigenvalue weighted by Gasteiger charge is 2.42. The molecule has 1 atom stereocenters. The summed E-state index contributed by atoms with van der Waals surface area (Å²) in [5, 5.41) is 6.30. The molecule has 2 N–H and O–H groups in total. The number of carbonyl (C=O) groups is 1. The lowest BCUT2D eigenvalue weighted by Crippen LogP contribution is -2.42. The van der Waals surface area contributed by atoms with Crippen molar-refractivity contribution in [1.29, 1.82) is 0 Å². The van der Waals surface area contributed by atoms with Gasteiger partial charge in [-0.3, -0.25) is 4.79 Å². The van der Waals surface area contributed by atoms with Crippen LogP contribution >= 0.6 is 12.4 Å². The number of amides is 1. The second-order valence-corrected chi connectivity index (χ2v) is 5.11. The van der Waals surface area contributed by atoms with E-state index in [-0.39, 0.29) is 24.4 Å². The third-order valence-corrected chi connectivity index (χ3v) is 3.81. The number of ether oxygens (including phenoxy) is 1. The Hall–Kier alpha value is -0.320. The predicted molar refractivity (Wildman–Crippen MR) is 69.4 cm³/mol. The van der Waals surface area contributed by atoms with Gasteiger partial charge < -0.3 is 15.4 Å². The Morgan fingerprint density at radius 1 is 1.53 bits per heavy atom. The number of methoxy groups -OCH3 is 1. The maximum absolute atomic E-state index is 11.8. The zero-order valence-corrected chi connectivity index (χ0v) is 11.3. The summed E-state index contributed by atoms with van der Waals surface area (Å²) in [6.45, 7) is 2.61. The fourth-order valence-corrected chi connectivity index (χ4v) is 2.32. The average Bonchev–Trinajstić information content (AvgIpc) is 2.85. The van der Waals surface area contributed by atoms with Crippen LogP contribution in [0.1, 0.15) is 32.1 Å². The second kappa shape index (κ2) is 6.57. The van der Waals surface area contributed by atoms with Crippen molar-refractivity contribution in [3.05, 3.63) is 0 Å². The van der Waals surface area contributed by atoms with Crippen molar-refractivity contribution < 1.29 is 9.53 Å². The number of carbonyl (C=O) groups excluding carboxylic acids is 1. The van der Waals surface area contributed by atoms with Crippen molar-refractivity contribution in [3.8, 4) is 0 Å². The van der Waals surface area contributed by atoms with Gasteiger partial charge in [0.1, 0.15) is 0 Å². The largest absolute Gasteiger partial charge is 0.385 e. The molecular formula is C12H23ClN2O2. The Bertz CT molecular complexity index is 251. The van der Waals surface area contributed by atoms with Crippen LogP contribution in [0, 0.1) is 5.41 Å². The molecule has 1 saturated carbocycles. The molecule has 1 saturated heterocycles. The Balaban J connectivity index is 0.00000144. The molecule has 0 aromatic carbocycles. The van der Waals surface area contributed by atoms with E-state index >= 15 is 0 Å². The zero-order chi connectivity index (χ0) is 11.4.